The number of amides is 1. The monoisotopic (exact) mass is 228 g/mol. The summed E-state index contributed by atoms with van der Waals surface area (Å²) >= 11 is 0. The molecule has 1 rings (SSSR count). The third-order valence-corrected chi connectivity index (χ3v) is 2.93. The van der Waals surface area contributed by atoms with Crippen LogP contribution in [0.1, 0.15) is 19.8 Å². The molecule has 0 fully saturated rings. The summed E-state index contributed by atoms with van der Waals surface area (Å²) in [4.78, 5) is 14.8. The summed E-state index contributed by atoms with van der Waals surface area (Å²) in [6, 6.07) is 4.49. The lowest BCUT2D eigenvalue weighted by molar-refractivity contribution is -0.119. The van der Waals surface area contributed by atoms with Gasteiger partial charge >= 0.3 is 0 Å². The minimum Gasteiger partial charge on any atom is -0.274 e. The molecule has 0 unspecified atom stereocenters. The first-order valence-electron chi connectivity index (χ1n) is 4.53. The second kappa shape index (κ2) is 4.88. The van der Waals surface area contributed by atoms with Gasteiger partial charge in [0.05, 0.1) is 0 Å². The van der Waals surface area contributed by atoms with Crippen LogP contribution in [0.4, 0.5) is 0 Å². The Hall–Kier alpha value is -1.43. The van der Waals surface area contributed by atoms with Crippen molar-refractivity contribution >= 4 is 15.9 Å². The molecule has 0 aliphatic rings. The van der Waals surface area contributed by atoms with E-state index in [-0.39, 0.29) is 11.4 Å². The highest BCUT2D eigenvalue weighted by atomic mass is 32.2. The van der Waals surface area contributed by atoms with Gasteiger partial charge in [0.25, 0.3) is 10.0 Å². The topological polar surface area (TPSA) is 76.1 Å². The second-order valence-corrected chi connectivity index (χ2v) is 4.58. The van der Waals surface area contributed by atoms with Crippen molar-refractivity contribution in [3.63, 3.8) is 0 Å². The summed E-state index contributed by atoms with van der Waals surface area (Å²) in [5, 5.41) is -0.144. The molecule has 6 heteroatoms. The summed E-state index contributed by atoms with van der Waals surface area (Å²) in [5.74, 6) is -0.511. The van der Waals surface area contributed by atoms with Crippen LogP contribution in [-0.4, -0.2) is 19.3 Å². The molecule has 1 amide bonds. The van der Waals surface area contributed by atoms with Crippen molar-refractivity contribution in [2.45, 2.75) is 24.8 Å². The van der Waals surface area contributed by atoms with Crippen molar-refractivity contribution < 1.29 is 13.2 Å². The fourth-order valence-corrected chi connectivity index (χ4v) is 1.95. The van der Waals surface area contributed by atoms with Gasteiger partial charge in [0.1, 0.15) is 0 Å². The number of pyridine rings is 1. The van der Waals surface area contributed by atoms with E-state index >= 15 is 0 Å². The Morgan fingerprint density at radius 2 is 2.20 bits per heavy atom. The van der Waals surface area contributed by atoms with E-state index < -0.39 is 15.9 Å². The minimum atomic E-state index is -3.79. The summed E-state index contributed by atoms with van der Waals surface area (Å²) < 4.78 is 25.0. The third kappa shape index (κ3) is 3.32. The van der Waals surface area contributed by atoms with Crippen molar-refractivity contribution in [2.24, 2.45) is 0 Å². The van der Waals surface area contributed by atoms with Crippen LogP contribution in [0, 0.1) is 0 Å². The third-order valence-electron chi connectivity index (χ3n) is 1.64. The van der Waals surface area contributed by atoms with Crippen molar-refractivity contribution in [2.75, 3.05) is 0 Å². The van der Waals surface area contributed by atoms with Crippen LogP contribution in [0.2, 0.25) is 0 Å². The Balaban J connectivity index is 2.81. The zero-order chi connectivity index (χ0) is 11.3. The normalized spacial score (nSPS) is 11.0. The van der Waals surface area contributed by atoms with E-state index in [2.05, 4.69) is 4.98 Å². The van der Waals surface area contributed by atoms with Crippen LogP contribution < -0.4 is 4.72 Å². The molecular weight excluding hydrogens is 216 g/mol. The van der Waals surface area contributed by atoms with Gasteiger partial charge in [0, 0.05) is 12.6 Å². The largest absolute Gasteiger partial charge is 0.281 e. The van der Waals surface area contributed by atoms with Crippen LogP contribution >= 0.6 is 0 Å². The zero-order valence-corrected chi connectivity index (χ0v) is 9.12. The predicted molar refractivity (Wildman–Crippen MR) is 54.5 cm³/mol. The number of hydrogen-bond donors (Lipinski definition) is 1. The van der Waals surface area contributed by atoms with E-state index in [1.165, 1.54) is 12.3 Å². The highest BCUT2D eigenvalue weighted by Crippen LogP contribution is 2.03. The molecule has 5 nitrogen and oxygen atoms in total. The lowest BCUT2D eigenvalue weighted by Gasteiger charge is -2.04. The van der Waals surface area contributed by atoms with E-state index in [0.29, 0.717) is 6.42 Å². The first kappa shape index (κ1) is 11.6. The molecule has 1 aromatic rings. The molecule has 1 aromatic heterocycles. The van der Waals surface area contributed by atoms with Gasteiger partial charge in [-0.05, 0) is 18.6 Å². The smallest absolute Gasteiger partial charge is 0.274 e. The van der Waals surface area contributed by atoms with E-state index in [1.807, 2.05) is 4.72 Å². The van der Waals surface area contributed by atoms with Gasteiger partial charge < -0.3 is 0 Å². The van der Waals surface area contributed by atoms with Crippen LogP contribution in [-0.2, 0) is 14.8 Å². The first-order chi connectivity index (χ1) is 7.06. The summed E-state index contributed by atoms with van der Waals surface area (Å²) in [6.07, 6.45) is 2.15. The second-order valence-electron chi connectivity index (χ2n) is 2.95. The molecule has 0 aliphatic carbocycles. The molecule has 82 valence electrons. The summed E-state index contributed by atoms with van der Waals surface area (Å²) in [5.41, 5.74) is 0. The number of rotatable bonds is 4. The molecule has 1 heterocycles. The summed E-state index contributed by atoms with van der Waals surface area (Å²) in [7, 11) is -3.79. The standard InChI is InChI=1S/C9H12N2O3S/c1-2-5-8(12)11-15(13,14)9-6-3-4-7-10-9/h3-4,6-7H,2,5H2,1H3,(H,11,12). The number of nitrogens with one attached hydrogen (secondary N) is 1. The molecule has 0 aromatic carbocycles. The van der Waals surface area contributed by atoms with Crippen molar-refractivity contribution in [3.8, 4) is 0 Å². The Bertz CT molecular complexity index is 428. The molecule has 0 bridgehead atoms. The number of aromatic nitrogens is 1. The Labute approximate surface area is 88.6 Å². The van der Waals surface area contributed by atoms with Crippen LogP contribution in [0.15, 0.2) is 29.4 Å². The fraction of sp³-hybridized carbons (Fsp3) is 0.333. The Kier molecular flexibility index (Phi) is 3.79. The number of nitrogens with zero attached hydrogens (tertiary/aromatic N) is 1. The maximum absolute atomic E-state index is 11.5. The van der Waals surface area contributed by atoms with Gasteiger partial charge in [0.15, 0.2) is 5.03 Å². The Morgan fingerprint density at radius 3 is 2.73 bits per heavy atom. The zero-order valence-electron chi connectivity index (χ0n) is 8.30. The molecule has 0 atom stereocenters. The molecule has 1 N–H and O–H groups in total. The van der Waals surface area contributed by atoms with E-state index in [0.717, 1.165) is 0 Å². The number of sulfonamides is 1. The van der Waals surface area contributed by atoms with Gasteiger partial charge in [-0.3, -0.25) is 4.79 Å². The van der Waals surface area contributed by atoms with E-state index in [4.69, 9.17) is 0 Å². The van der Waals surface area contributed by atoms with Crippen LogP contribution in [0.5, 0.6) is 0 Å². The van der Waals surface area contributed by atoms with Gasteiger partial charge in [-0.25, -0.2) is 9.71 Å². The molecular formula is C9H12N2O3S. The van der Waals surface area contributed by atoms with Gasteiger partial charge in [-0.15, -0.1) is 0 Å². The number of carbonyl (C=O) groups is 1. The van der Waals surface area contributed by atoms with E-state index in [1.54, 1.807) is 19.1 Å². The SMILES string of the molecule is CCCC(=O)NS(=O)(=O)c1ccccn1. The predicted octanol–water partition coefficient (Wildman–Crippen LogP) is 0.687. The quantitative estimate of drug-likeness (QED) is 0.822. The maximum Gasteiger partial charge on any atom is 0.281 e. The van der Waals surface area contributed by atoms with Gasteiger partial charge in [0.2, 0.25) is 5.91 Å². The molecule has 0 saturated carbocycles. The highest BCUT2D eigenvalue weighted by molar-refractivity contribution is 7.90. The molecule has 15 heavy (non-hydrogen) atoms. The Morgan fingerprint density at radius 1 is 1.47 bits per heavy atom. The number of carbonyl (C=O) groups excluding carboxylic acids is 1. The summed E-state index contributed by atoms with van der Waals surface area (Å²) in [6.45, 7) is 1.80. The molecule has 0 saturated heterocycles. The maximum atomic E-state index is 11.5. The van der Waals surface area contributed by atoms with Crippen LogP contribution in [0.3, 0.4) is 0 Å². The van der Waals surface area contributed by atoms with E-state index in [9.17, 15) is 13.2 Å². The average molecular weight is 228 g/mol. The molecule has 0 aliphatic heterocycles. The molecule has 0 spiro atoms. The lowest BCUT2D eigenvalue weighted by atomic mass is 10.3. The van der Waals surface area contributed by atoms with Crippen LogP contribution in [0.25, 0.3) is 0 Å². The fourth-order valence-electron chi connectivity index (χ4n) is 0.986. The van der Waals surface area contributed by atoms with Gasteiger partial charge in [-0.2, -0.15) is 8.42 Å². The van der Waals surface area contributed by atoms with Crippen molar-refractivity contribution in [3.05, 3.63) is 24.4 Å². The van der Waals surface area contributed by atoms with Crippen molar-refractivity contribution in [1.29, 1.82) is 0 Å². The molecule has 0 radical (unpaired) electrons. The highest BCUT2D eigenvalue weighted by Gasteiger charge is 2.17. The average Bonchev–Trinajstić information content (AvgIpc) is 2.18. The van der Waals surface area contributed by atoms with Gasteiger partial charge in [-0.1, -0.05) is 13.0 Å². The minimum absolute atomic E-state index is 0.144. The lowest BCUT2D eigenvalue weighted by Crippen LogP contribution is -2.30. The van der Waals surface area contributed by atoms with Crippen molar-refractivity contribution in [1.82, 2.24) is 9.71 Å². The first-order valence-corrected chi connectivity index (χ1v) is 6.01. The number of hydrogen-bond acceptors (Lipinski definition) is 4.